The standard InChI is InChI=1S/C8H15NO6.H4O7P2/c1-3(11)9-5-7(13)6(12)4(2-10)15-8(5)14;1-8(2,3)7-9(4,5)6/h4-8,10,12-14H,2H2,1H3,(H,9,11);(H2,1,2,3)(H2,4,5,6)/t4-,5-,6+,7-,8?;/m1./s1. The minimum absolute atomic E-state index is 0.462. The number of nitrogens with one attached hydrogen (secondary N) is 1. The highest BCUT2D eigenvalue weighted by Crippen LogP contribution is 2.53. The van der Waals surface area contributed by atoms with Gasteiger partial charge in [0.1, 0.15) is 24.4 Å². The van der Waals surface area contributed by atoms with E-state index in [-0.39, 0.29) is 0 Å². The number of hydrogen-bond acceptors (Lipinski definition) is 9. The van der Waals surface area contributed by atoms with Crippen molar-refractivity contribution in [2.24, 2.45) is 0 Å². The van der Waals surface area contributed by atoms with Crippen molar-refractivity contribution in [3.8, 4) is 0 Å². The number of phosphoric acid groups is 2. The molecule has 0 aromatic rings. The Bertz CT molecular complexity index is 482. The number of rotatable bonds is 4. The van der Waals surface area contributed by atoms with Crippen LogP contribution in [0.2, 0.25) is 0 Å². The third-order valence-corrected chi connectivity index (χ3v) is 4.18. The van der Waals surface area contributed by atoms with E-state index in [4.69, 9.17) is 29.4 Å². The monoisotopic (exact) mass is 399 g/mol. The summed E-state index contributed by atoms with van der Waals surface area (Å²) in [6.45, 7) is 0.687. The second-order valence-electron chi connectivity index (χ2n) is 4.52. The molecule has 1 amide bonds. The first kappa shape index (κ1) is 23.5. The molecular formula is C8H19NO13P2. The zero-order valence-electron chi connectivity index (χ0n) is 12.1. The van der Waals surface area contributed by atoms with Crippen LogP contribution in [0.3, 0.4) is 0 Å². The number of aliphatic hydroxyl groups is 4. The summed E-state index contributed by atoms with van der Waals surface area (Å²) in [4.78, 5) is 41.7. The molecule has 24 heavy (non-hydrogen) atoms. The number of amides is 1. The third-order valence-electron chi connectivity index (χ3n) is 2.48. The van der Waals surface area contributed by atoms with Crippen LogP contribution in [0.4, 0.5) is 0 Å². The van der Waals surface area contributed by atoms with E-state index < -0.39 is 58.8 Å². The van der Waals surface area contributed by atoms with Crippen LogP contribution in [-0.4, -0.2) is 83.2 Å². The maximum Gasteiger partial charge on any atom is 0.478 e. The van der Waals surface area contributed by atoms with Crippen molar-refractivity contribution >= 4 is 21.6 Å². The van der Waals surface area contributed by atoms with E-state index >= 15 is 0 Å². The molecule has 0 radical (unpaired) electrons. The molecule has 1 aliphatic rings. The van der Waals surface area contributed by atoms with Crippen LogP contribution in [0.25, 0.3) is 0 Å². The molecule has 0 aromatic heterocycles. The molecule has 0 bridgehead atoms. The van der Waals surface area contributed by atoms with Crippen LogP contribution < -0.4 is 5.32 Å². The van der Waals surface area contributed by atoms with E-state index in [0.717, 1.165) is 0 Å². The first-order chi connectivity index (χ1) is 10.7. The molecule has 0 spiro atoms. The zero-order chi connectivity index (χ0) is 19.3. The van der Waals surface area contributed by atoms with E-state index in [2.05, 4.69) is 9.63 Å². The summed E-state index contributed by atoms with van der Waals surface area (Å²) < 4.78 is 27.0. The first-order valence-corrected chi connectivity index (χ1v) is 9.14. The van der Waals surface area contributed by atoms with Crippen molar-refractivity contribution in [3.63, 3.8) is 0 Å². The Morgan fingerprint density at radius 1 is 1.08 bits per heavy atom. The predicted octanol–water partition coefficient (Wildman–Crippen LogP) is -3.89. The Hall–Kier alpha value is -0.470. The van der Waals surface area contributed by atoms with Gasteiger partial charge in [0.05, 0.1) is 6.61 Å². The van der Waals surface area contributed by atoms with Crippen LogP contribution in [0.15, 0.2) is 0 Å². The molecule has 1 aliphatic heterocycles. The molecule has 1 fully saturated rings. The normalized spacial score (nSPS) is 31.0. The highest BCUT2D eigenvalue weighted by atomic mass is 31.3. The third kappa shape index (κ3) is 9.13. The van der Waals surface area contributed by atoms with Gasteiger partial charge in [-0.15, -0.1) is 0 Å². The van der Waals surface area contributed by atoms with Crippen LogP contribution in [-0.2, 0) is 23.0 Å². The molecule has 0 saturated carbocycles. The SMILES string of the molecule is CC(=O)N[C@H]1C(O)O[C@H](CO)[C@H](O)[C@@H]1O.O=P(O)(O)OP(=O)(O)O. The Balaban J connectivity index is 0.000000506. The summed E-state index contributed by atoms with van der Waals surface area (Å²) in [6.07, 6.45) is -5.24. The molecule has 9 N–H and O–H groups in total. The van der Waals surface area contributed by atoms with Crippen LogP contribution in [0, 0.1) is 0 Å². The van der Waals surface area contributed by atoms with Gasteiger partial charge in [0.25, 0.3) is 0 Å². The molecule has 144 valence electrons. The highest BCUT2D eigenvalue weighted by molar-refractivity contribution is 7.60. The molecule has 5 atom stereocenters. The zero-order valence-corrected chi connectivity index (χ0v) is 13.9. The van der Waals surface area contributed by atoms with Crippen molar-refractivity contribution in [1.82, 2.24) is 5.32 Å². The summed E-state index contributed by atoms with van der Waals surface area (Å²) in [5.74, 6) is -0.462. The van der Waals surface area contributed by atoms with Crippen molar-refractivity contribution in [1.29, 1.82) is 0 Å². The van der Waals surface area contributed by atoms with Gasteiger partial charge in [-0.3, -0.25) is 4.79 Å². The average molecular weight is 399 g/mol. The van der Waals surface area contributed by atoms with Gasteiger partial charge in [0.2, 0.25) is 5.91 Å². The van der Waals surface area contributed by atoms with Gasteiger partial charge in [-0.05, 0) is 0 Å². The molecule has 1 saturated heterocycles. The second kappa shape index (κ2) is 9.29. The number of carbonyl (C=O) groups is 1. The number of hydrogen-bond donors (Lipinski definition) is 9. The second-order valence-corrected chi connectivity index (χ2v) is 7.13. The Kier molecular flexibility index (Phi) is 9.11. The van der Waals surface area contributed by atoms with E-state index in [1.807, 2.05) is 0 Å². The Morgan fingerprint density at radius 3 is 1.83 bits per heavy atom. The van der Waals surface area contributed by atoms with E-state index in [0.29, 0.717) is 0 Å². The average Bonchev–Trinajstić information content (AvgIpc) is 2.35. The number of ether oxygens (including phenoxy) is 1. The molecule has 1 unspecified atom stereocenters. The number of carbonyl (C=O) groups excluding carboxylic acids is 1. The molecule has 0 aromatic carbocycles. The van der Waals surface area contributed by atoms with Gasteiger partial charge in [-0.25, -0.2) is 9.13 Å². The minimum atomic E-state index is -5.05. The molecule has 1 heterocycles. The van der Waals surface area contributed by atoms with Gasteiger partial charge >= 0.3 is 15.6 Å². The Labute approximate surface area is 135 Å². The molecule has 16 heteroatoms. The van der Waals surface area contributed by atoms with E-state index in [1.54, 1.807) is 0 Å². The molecular weight excluding hydrogens is 380 g/mol. The lowest BCUT2D eigenvalue weighted by atomic mass is 9.97. The summed E-state index contributed by atoms with van der Waals surface area (Å²) >= 11 is 0. The highest BCUT2D eigenvalue weighted by Gasteiger charge is 2.43. The summed E-state index contributed by atoms with van der Waals surface area (Å²) in [6, 6.07) is -1.10. The lowest BCUT2D eigenvalue weighted by molar-refractivity contribution is -0.253. The molecule has 0 aliphatic carbocycles. The smallest absolute Gasteiger partial charge is 0.394 e. The number of aliphatic hydroxyl groups excluding tert-OH is 4. The summed E-state index contributed by atoms with van der Waals surface area (Å²) in [5.41, 5.74) is 0. The predicted molar refractivity (Wildman–Crippen MR) is 72.8 cm³/mol. The first-order valence-electron chi connectivity index (χ1n) is 6.08. The maximum atomic E-state index is 10.7. The van der Waals surface area contributed by atoms with Crippen molar-refractivity contribution < 1.29 is 63.0 Å². The van der Waals surface area contributed by atoms with Gasteiger partial charge in [0.15, 0.2) is 6.29 Å². The quantitative estimate of drug-likeness (QED) is 0.206. The summed E-state index contributed by atoms with van der Waals surface area (Å²) in [5, 5.41) is 39.4. The molecule has 14 nitrogen and oxygen atoms in total. The lowest BCUT2D eigenvalue weighted by Gasteiger charge is -2.40. The summed E-state index contributed by atoms with van der Waals surface area (Å²) in [7, 11) is -10.1. The lowest BCUT2D eigenvalue weighted by Crippen LogP contribution is -2.63. The topological polar surface area (TPSA) is 244 Å². The Morgan fingerprint density at radius 2 is 1.54 bits per heavy atom. The van der Waals surface area contributed by atoms with E-state index in [1.165, 1.54) is 6.92 Å². The van der Waals surface area contributed by atoms with Crippen LogP contribution in [0.1, 0.15) is 6.92 Å². The molecule has 1 rings (SSSR count). The van der Waals surface area contributed by atoms with Crippen LogP contribution >= 0.6 is 15.6 Å². The van der Waals surface area contributed by atoms with Gasteiger partial charge in [-0.1, -0.05) is 0 Å². The van der Waals surface area contributed by atoms with Crippen molar-refractivity contribution in [3.05, 3.63) is 0 Å². The van der Waals surface area contributed by atoms with Gasteiger partial charge in [-0.2, -0.15) is 4.31 Å². The van der Waals surface area contributed by atoms with Gasteiger partial charge in [0, 0.05) is 6.92 Å². The van der Waals surface area contributed by atoms with Crippen molar-refractivity contribution in [2.45, 2.75) is 37.6 Å². The van der Waals surface area contributed by atoms with Crippen LogP contribution in [0.5, 0.6) is 0 Å². The fraction of sp³-hybridized carbons (Fsp3) is 0.875. The fourth-order valence-corrected chi connectivity index (χ4v) is 2.73. The largest absolute Gasteiger partial charge is 0.478 e. The maximum absolute atomic E-state index is 10.7. The minimum Gasteiger partial charge on any atom is -0.394 e. The van der Waals surface area contributed by atoms with E-state index in [9.17, 15) is 29.2 Å². The fourth-order valence-electron chi connectivity index (χ4n) is 1.63. The van der Waals surface area contributed by atoms with Crippen molar-refractivity contribution in [2.75, 3.05) is 6.61 Å². The van der Waals surface area contributed by atoms with Gasteiger partial charge < -0.3 is 50.1 Å².